The predicted molar refractivity (Wildman–Crippen MR) is 101 cm³/mol. The van der Waals surface area contributed by atoms with Gasteiger partial charge in [0.2, 0.25) is 0 Å². The van der Waals surface area contributed by atoms with Crippen molar-refractivity contribution in [1.82, 2.24) is 5.32 Å². The zero-order valence-corrected chi connectivity index (χ0v) is 15.4. The lowest BCUT2D eigenvalue weighted by atomic mass is 9.54. The summed E-state index contributed by atoms with van der Waals surface area (Å²) in [4.78, 5) is 0. The highest BCUT2D eigenvalue weighted by Gasteiger charge is 2.48. The van der Waals surface area contributed by atoms with Gasteiger partial charge in [0.1, 0.15) is 0 Å². The highest BCUT2D eigenvalue weighted by atomic mass is 35.5. The summed E-state index contributed by atoms with van der Waals surface area (Å²) in [6.07, 6.45) is 7.09. The zero-order chi connectivity index (χ0) is 16.1. The average molecular weight is 349 g/mol. The van der Waals surface area contributed by atoms with Gasteiger partial charge in [0.05, 0.1) is 10.7 Å². The molecule has 4 aliphatic rings. The molecule has 0 radical (unpaired) electrons. The van der Waals surface area contributed by atoms with E-state index in [0.717, 1.165) is 45.1 Å². The molecule has 0 amide bonds. The largest absolute Gasteiger partial charge is 0.359 e. The van der Waals surface area contributed by atoms with Gasteiger partial charge in [-0.15, -0.1) is 0 Å². The van der Waals surface area contributed by atoms with Gasteiger partial charge < -0.3 is 10.6 Å². The Kier molecular flexibility index (Phi) is 4.05. The van der Waals surface area contributed by atoms with Crippen molar-refractivity contribution in [2.24, 2.45) is 23.7 Å². The smallest absolute Gasteiger partial charge is 0.171 e. The topological polar surface area (TPSA) is 24.1 Å². The number of aryl methyl sites for hydroxylation is 2. The van der Waals surface area contributed by atoms with Gasteiger partial charge in [0.15, 0.2) is 5.11 Å². The molecule has 23 heavy (non-hydrogen) atoms. The maximum atomic E-state index is 6.39. The minimum Gasteiger partial charge on any atom is -0.359 e. The van der Waals surface area contributed by atoms with E-state index in [1.807, 2.05) is 6.07 Å². The monoisotopic (exact) mass is 348 g/mol. The van der Waals surface area contributed by atoms with E-state index >= 15 is 0 Å². The molecule has 0 aromatic heterocycles. The summed E-state index contributed by atoms with van der Waals surface area (Å²) in [5.74, 6) is 3.62. The lowest BCUT2D eigenvalue weighted by Crippen LogP contribution is -2.56. The van der Waals surface area contributed by atoms with E-state index in [1.165, 1.54) is 37.7 Å². The van der Waals surface area contributed by atoms with E-state index in [2.05, 4.69) is 30.5 Å². The number of hydrogen-bond acceptors (Lipinski definition) is 1. The van der Waals surface area contributed by atoms with Gasteiger partial charge >= 0.3 is 0 Å². The number of benzene rings is 1. The van der Waals surface area contributed by atoms with E-state index in [-0.39, 0.29) is 0 Å². The van der Waals surface area contributed by atoms with Gasteiger partial charge in [-0.05, 0) is 99.0 Å². The molecule has 0 atom stereocenters. The van der Waals surface area contributed by atoms with Crippen molar-refractivity contribution in [2.75, 3.05) is 5.32 Å². The Morgan fingerprint density at radius 2 is 1.65 bits per heavy atom. The van der Waals surface area contributed by atoms with E-state index in [1.54, 1.807) is 0 Å². The maximum absolute atomic E-state index is 6.39. The minimum atomic E-state index is 0.562. The molecule has 2 N–H and O–H groups in total. The van der Waals surface area contributed by atoms with Crippen LogP contribution in [-0.2, 0) is 0 Å². The fourth-order valence-electron chi connectivity index (χ4n) is 5.54. The summed E-state index contributed by atoms with van der Waals surface area (Å²) in [6, 6.07) is 4.69. The molecule has 2 nitrogen and oxygen atoms in total. The summed E-state index contributed by atoms with van der Waals surface area (Å²) in [6.45, 7) is 4.14. The molecule has 1 aromatic carbocycles. The van der Waals surface area contributed by atoms with E-state index in [4.69, 9.17) is 23.8 Å². The normalized spacial score (nSPS) is 34.5. The van der Waals surface area contributed by atoms with Crippen LogP contribution in [0.25, 0.3) is 0 Å². The molecule has 4 aliphatic carbocycles. The summed E-state index contributed by atoms with van der Waals surface area (Å²) in [7, 11) is 0. The second-order valence-corrected chi connectivity index (χ2v) is 8.81. The highest BCUT2D eigenvalue weighted by Crippen LogP contribution is 2.53. The lowest BCUT2D eigenvalue weighted by Gasteiger charge is -2.54. The zero-order valence-electron chi connectivity index (χ0n) is 13.9. The molecule has 5 rings (SSSR count). The molecule has 0 aliphatic heterocycles. The Hall–Kier alpha value is -0.800. The molecule has 4 heteroatoms. The van der Waals surface area contributed by atoms with Gasteiger partial charge in [-0.25, -0.2) is 0 Å². The molecular formula is C19H25ClN2S. The molecule has 0 spiro atoms. The van der Waals surface area contributed by atoms with Crippen molar-refractivity contribution >= 4 is 34.6 Å². The van der Waals surface area contributed by atoms with Gasteiger partial charge in [-0.1, -0.05) is 17.7 Å². The first-order valence-corrected chi connectivity index (χ1v) is 9.62. The number of rotatable bonds is 2. The molecule has 4 saturated carbocycles. The van der Waals surface area contributed by atoms with E-state index < -0.39 is 0 Å². The predicted octanol–water partition coefficient (Wildman–Crippen LogP) is 5.07. The van der Waals surface area contributed by atoms with Crippen LogP contribution >= 0.6 is 23.8 Å². The van der Waals surface area contributed by atoms with Crippen LogP contribution in [0.4, 0.5) is 5.69 Å². The molecular weight excluding hydrogens is 324 g/mol. The summed E-state index contributed by atoms with van der Waals surface area (Å²) < 4.78 is 0. The minimum absolute atomic E-state index is 0.562. The molecule has 0 saturated heterocycles. The third-order valence-corrected chi connectivity index (χ3v) is 6.71. The van der Waals surface area contributed by atoms with Crippen LogP contribution in [0, 0.1) is 37.5 Å². The van der Waals surface area contributed by atoms with E-state index in [0.29, 0.717) is 6.04 Å². The quantitative estimate of drug-likeness (QED) is 0.730. The Balaban J connectivity index is 1.45. The van der Waals surface area contributed by atoms with Gasteiger partial charge in [-0.3, -0.25) is 0 Å². The third-order valence-electron chi connectivity index (χ3n) is 6.19. The van der Waals surface area contributed by atoms with Crippen molar-refractivity contribution in [2.45, 2.75) is 52.0 Å². The van der Waals surface area contributed by atoms with Crippen LogP contribution in [-0.4, -0.2) is 11.2 Å². The van der Waals surface area contributed by atoms with Crippen LogP contribution in [0.2, 0.25) is 5.02 Å². The molecule has 4 fully saturated rings. The van der Waals surface area contributed by atoms with E-state index in [9.17, 15) is 0 Å². The first-order chi connectivity index (χ1) is 11.0. The number of anilines is 1. The lowest BCUT2D eigenvalue weighted by molar-refractivity contribution is -0.00665. The second kappa shape index (κ2) is 5.93. The van der Waals surface area contributed by atoms with Gasteiger partial charge in [0, 0.05) is 6.04 Å². The van der Waals surface area contributed by atoms with Crippen molar-refractivity contribution in [3.8, 4) is 0 Å². The number of halogens is 1. The summed E-state index contributed by atoms with van der Waals surface area (Å²) in [5, 5.41) is 8.47. The van der Waals surface area contributed by atoms with Crippen molar-refractivity contribution in [1.29, 1.82) is 0 Å². The Morgan fingerprint density at radius 1 is 1.04 bits per heavy atom. The molecule has 124 valence electrons. The number of thiocarbonyl (C=S) groups is 1. The molecule has 0 unspecified atom stereocenters. The van der Waals surface area contributed by atoms with Crippen LogP contribution in [0.5, 0.6) is 0 Å². The fourth-order valence-corrected chi connectivity index (χ4v) is 6.14. The van der Waals surface area contributed by atoms with Crippen LogP contribution < -0.4 is 10.6 Å². The Bertz CT molecular complexity index is 591. The SMILES string of the molecule is Cc1cc(C)c(NC(=S)NC2C3CC4CC(C3)CC2C4)c(Cl)c1. The first kappa shape index (κ1) is 15.7. The highest BCUT2D eigenvalue weighted by molar-refractivity contribution is 7.80. The van der Waals surface area contributed by atoms with Crippen molar-refractivity contribution in [3.05, 3.63) is 28.3 Å². The molecule has 0 heterocycles. The number of hydrogen-bond donors (Lipinski definition) is 2. The number of nitrogens with one attached hydrogen (secondary N) is 2. The van der Waals surface area contributed by atoms with Crippen LogP contribution in [0.1, 0.15) is 43.2 Å². The molecule has 1 aromatic rings. The van der Waals surface area contributed by atoms with Crippen LogP contribution in [0.15, 0.2) is 12.1 Å². The van der Waals surface area contributed by atoms with Gasteiger partial charge in [0.25, 0.3) is 0 Å². The Labute approximate surface area is 149 Å². The summed E-state index contributed by atoms with van der Waals surface area (Å²) in [5.41, 5.74) is 3.26. The van der Waals surface area contributed by atoms with Crippen LogP contribution in [0.3, 0.4) is 0 Å². The summed E-state index contributed by atoms with van der Waals surface area (Å²) >= 11 is 12.0. The fraction of sp³-hybridized carbons (Fsp3) is 0.632. The second-order valence-electron chi connectivity index (χ2n) is 7.99. The molecule has 4 bridgehead atoms. The average Bonchev–Trinajstić information content (AvgIpc) is 2.46. The van der Waals surface area contributed by atoms with Gasteiger partial charge in [-0.2, -0.15) is 0 Å². The Morgan fingerprint density at radius 3 is 2.22 bits per heavy atom. The van der Waals surface area contributed by atoms with Crippen molar-refractivity contribution < 1.29 is 0 Å². The standard InChI is InChI=1S/C19H25ClN2S/c1-10-3-11(2)17(16(20)4-10)21-19(23)22-18-14-6-12-5-13(8-14)9-15(18)7-12/h3-4,12-15,18H,5-9H2,1-2H3,(H2,21,22,23). The van der Waals surface area contributed by atoms with Crippen molar-refractivity contribution in [3.63, 3.8) is 0 Å². The first-order valence-electron chi connectivity index (χ1n) is 8.84. The maximum Gasteiger partial charge on any atom is 0.171 e. The third kappa shape index (κ3) is 2.98.